The number of amides is 1. The molecule has 4 nitrogen and oxygen atoms in total. The Morgan fingerprint density at radius 2 is 1.81 bits per heavy atom. The predicted octanol–water partition coefficient (Wildman–Crippen LogP) is 2.69. The first-order chi connectivity index (χ1) is 7.42. The SMILES string of the molecule is CCCN1CCN(C(=O)OC(C)(C)C)CC1.[HH].[HH].[HH]. The first-order valence-electron chi connectivity index (χ1n) is 6.12. The molecule has 0 unspecified atom stereocenters. The fourth-order valence-corrected chi connectivity index (χ4v) is 1.80. The van der Waals surface area contributed by atoms with Crippen LogP contribution < -0.4 is 0 Å². The van der Waals surface area contributed by atoms with E-state index in [4.69, 9.17) is 4.74 Å². The van der Waals surface area contributed by atoms with Crippen molar-refractivity contribution in [3.05, 3.63) is 0 Å². The van der Waals surface area contributed by atoms with E-state index in [2.05, 4.69) is 11.8 Å². The number of hydrogen-bond acceptors (Lipinski definition) is 3. The molecule has 16 heavy (non-hydrogen) atoms. The Bertz CT molecular complexity index is 240. The summed E-state index contributed by atoms with van der Waals surface area (Å²) in [7, 11) is 0. The van der Waals surface area contributed by atoms with Crippen LogP contribution in [-0.2, 0) is 4.74 Å². The molecule has 0 N–H and O–H groups in total. The Morgan fingerprint density at radius 1 is 1.25 bits per heavy atom. The molecule has 0 aromatic rings. The maximum atomic E-state index is 11.8. The van der Waals surface area contributed by atoms with Gasteiger partial charge in [-0.1, -0.05) is 6.92 Å². The second-order valence-electron chi connectivity index (χ2n) is 5.31. The van der Waals surface area contributed by atoms with Gasteiger partial charge in [0.25, 0.3) is 0 Å². The van der Waals surface area contributed by atoms with Gasteiger partial charge in [-0.2, -0.15) is 0 Å². The number of ether oxygens (including phenoxy) is 1. The van der Waals surface area contributed by atoms with Crippen LogP contribution in [0, 0.1) is 0 Å². The lowest BCUT2D eigenvalue weighted by atomic mass is 10.2. The Kier molecular flexibility index (Phi) is 4.59. The predicted molar refractivity (Wildman–Crippen MR) is 70.9 cm³/mol. The summed E-state index contributed by atoms with van der Waals surface area (Å²) >= 11 is 0. The molecule has 4 heteroatoms. The van der Waals surface area contributed by atoms with Crippen molar-refractivity contribution in [2.75, 3.05) is 32.7 Å². The van der Waals surface area contributed by atoms with E-state index in [0.29, 0.717) is 0 Å². The molecular weight excluding hydrogens is 204 g/mol. The van der Waals surface area contributed by atoms with Crippen LogP contribution in [0.1, 0.15) is 38.4 Å². The van der Waals surface area contributed by atoms with Crippen LogP contribution in [0.2, 0.25) is 0 Å². The van der Waals surface area contributed by atoms with Gasteiger partial charge in [0.15, 0.2) is 0 Å². The molecule has 1 heterocycles. The van der Waals surface area contributed by atoms with E-state index in [1.807, 2.05) is 20.8 Å². The van der Waals surface area contributed by atoms with Crippen LogP contribution in [0.15, 0.2) is 0 Å². The summed E-state index contributed by atoms with van der Waals surface area (Å²) in [5.74, 6) is 0. The van der Waals surface area contributed by atoms with Gasteiger partial charge >= 0.3 is 6.09 Å². The van der Waals surface area contributed by atoms with Gasteiger partial charge in [0.2, 0.25) is 0 Å². The van der Waals surface area contributed by atoms with Crippen molar-refractivity contribution in [2.45, 2.75) is 39.7 Å². The average Bonchev–Trinajstić information content (AvgIpc) is 2.16. The van der Waals surface area contributed by atoms with Crippen LogP contribution in [-0.4, -0.2) is 54.2 Å². The van der Waals surface area contributed by atoms with E-state index in [1.165, 1.54) is 6.42 Å². The van der Waals surface area contributed by atoms with Crippen LogP contribution in [0.25, 0.3) is 0 Å². The van der Waals surface area contributed by atoms with Crippen molar-refractivity contribution < 1.29 is 13.8 Å². The van der Waals surface area contributed by atoms with Crippen molar-refractivity contribution in [3.8, 4) is 0 Å². The van der Waals surface area contributed by atoms with Crippen LogP contribution >= 0.6 is 0 Å². The minimum absolute atomic E-state index is 0. The Morgan fingerprint density at radius 3 is 2.25 bits per heavy atom. The second-order valence-corrected chi connectivity index (χ2v) is 5.31. The highest BCUT2D eigenvalue weighted by atomic mass is 16.6. The van der Waals surface area contributed by atoms with Crippen LogP contribution in [0.3, 0.4) is 0 Å². The molecule has 0 aromatic heterocycles. The minimum Gasteiger partial charge on any atom is -0.444 e. The fraction of sp³-hybridized carbons (Fsp3) is 0.917. The first-order valence-corrected chi connectivity index (χ1v) is 6.12. The van der Waals surface area contributed by atoms with E-state index in [9.17, 15) is 4.79 Å². The first kappa shape index (κ1) is 13.3. The Balaban J connectivity index is -0.000000853. The maximum absolute atomic E-state index is 11.8. The zero-order valence-electron chi connectivity index (χ0n) is 11.0. The average molecular weight is 234 g/mol. The van der Waals surface area contributed by atoms with Gasteiger partial charge in [-0.25, -0.2) is 4.79 Å². The smallest absolute Gasteiger partial charge is 0.410 e. The van der Waals surface area contributed by atoms with E-state index in [1.54, 1.807) is 4.90 Å². The number of nitrogens with zero attached hydrogens (tertiary/aromatic N) is 2. The third-order valence-electron chi connectivity index (χ3n) is 2.56. The van der Waals surface area contributed by atoms with E-state index in [-0.39, 0.29) is 10.4 Å². The molecule has 1 fully saturated rings. The summed E-state index contributed by atoms with van der Waals surface area (Å²) in [6, 6.07) is 0. The summed E-state index contributed by atoms with van der Waals surface area (Å²) in [5.41, 5.74) is -0.391. The minimum atomic E-state index is -0.391. The fourth-order valence-electron chi connectivity index (χ4n) is 1.80. The molecule has 1 saturated heterocycles. The Labute approximate surface area is 103 Å². The number of rotatable bonds is 2. The lowest BCUT2D eigenvalue weighted by Crippen LogP contribution is -2.50. The monoisotopic (exact) mass is 234 g/mol. The lowest BCUT2D eigenvalue weighted by molar-refractivity contribution is 0.0145. The number of carbonyl (C=O) groups is 1. The van der Waals surface area contributed by atoms with Gasteiger partial charge in [0.1, 0.15) is 5.60 Å². The normalized spacial score (nSPS) is 18.6. The summed E-state index contributed by atoms with van der Waals surface area (Å²) in [6.45, 7) is 12.5. The van der Waals surface area contributed by atoms with Gasteiger partial charge in [0, 0.05) is 30.5 Å². The lowest BCUT2D eigenvalue weighted by Gasteiger charge is -2.35. The molecule has 0 atom stereocenters. The maximum Gasteiger partial charge on any atom is 0.410 e. The Hall–Kier alpha value is -0.770. The quantitative estimate of drug-likeness (QED) is 0.736. The summed E-state index contributed by atoms with van der Waals surface area (Å²) < 4.78 is 5.34. The van der Waals surface area contributed by atoms with Crippen LogP contribution in [0.5, 0.6) is 0 Å². The molecule has 100 valence electrons. The van der Waals surface area contributed by atoms with Crippen molar-refractivity contribution in [1.29, 1.82) is 0 Å². The number of piperazine rings is 1. The zero-order valence-corrected chi connectivity index (χ0v) is 11.0. The summed E-state index contributed by atoms with van der Waals surface area (Å²) in [6.07, 6.45) is 0.996. The molecule has 0 saturated carbocycles. The molecule has 0 bridgehead atoms. The third-order valence-corrected chi connectivity index (χ3v) is 2.56. The van der Waals surface area contributed by atoms with Crippen molar-refractivity contribution in [3.63, 3.8) is 0 Å². The zero-order chi connectivity index (χ0) is 12.2. The van der Waals surface area contributed by atoms with Gasteiger partial charge < -0.3 is 9.64 Å². The molecule has 0 spiro atoms. The second kappa shape index (κ2) is 5.53. The van der Waals surface area contributed by atoms with Gasteiger partial charge in [0.05, 0.1) is 0 Å². The van der Waals surface area contributed by atoms with E-state index >= 15 is 0 Å². The standard InChI is InChI=1S/C12H24N2O2.3H2/c1-5-6-13-7-9-14(10-8-13)11(15)16-12(2,3)4;;;/h5-10H2,1-4H3;3*1H. The molecule has 0 aromatic carbocycles. The molecule has 1 rings (SSSR count). The van der Waals surface area contributed by atoms with E-state index in [0.717, 1.165) is 32.7 Å². The number of hydrogen-bond donors (Lipinski definition) is 0. The number of carbonyl (C=O) groups excluding carboxylic acids is 1. The molecule has 1 amide bonds. The highest BCUT2D eigenvalue weighted by molar-refractivity contribution is 5.68. The van der Waals surface area contributed by atoms with Gasteiger partial charge in [-0.15, -0.1) is 0 Å². The van der Waals surface area contributed by atoms with Crippen molar-refractivity contribution in [2.24, 2.45) is 0 Å². The van der Waals surface area contributed by atoms with Crippen molar-refractivity contribution >= 4 is 6.09 Å². The van der Waals surface area contributed by atoms with Gasteiger partial charge in [-0.3, -0.25) is 4.90 Å². The van der Waals surface area contributed by atoms with Crippen LogP contribution in [0.4, 0.5) is 4.79 Å². The van der Waals surface area contributed by atoms with Crippen molar-refractivity contribution in [1.82, 2.24) is 9.80 Å². The molecule has 1 aliphatic rings. The summed E-state index contributed by atoms with van der Waals surface area (Å²) in [4.78, 5) is 16.0. The van der Waals surface area contributed by atoms with E-state index < -0.39 is 5.60 Å². The molecule has 0 radical (unpaired) electrons. The molecular formula is C12H30N2O2. The third kappa shape index (κ3) is 4.39. The molecule has 1 aliphatic heterocycles. The largest absolute Gasteiger partial charge is 0.444 e. The van der Waals surface area contributed by atoms with Gasteiger partial charge in [-0.05, 0) is 33.7 Å². The summed E-state index contributed by atoms with van der Waals surface area (Å²) in [5, 5.41) is 0. The highest BCUT2D eigenvalue weighted by Crippen LogP contribution is 2.11. The highest BCUT2D eigenvalue weighted by Gasteiger charge is 2.25. The topological polar surface area (TPSA) is 32.8 Å². The molecule has 0 aliphatic carbocycles.